The first-order valence-electron chi connectivity index (χ1n) is 7.79. The van der Waals surface area contributed by atoms with Crippen LogP contribution in [0.1, 0.15) is 30.2 Å². The zero-order valence-electron chi connectivity index (χ0n) is 13.6. The number of hydrogen-bond acceptors (Lipinski definition) is 5. The maximum absolute atomic E-state index is 13.1. The SMILES string of the molecule is C[C@@H]1CN(C(=O)c2coc(COc3cccc(F)c3)n2)C[C@H](C)O1. The van der Waals surface area contributed by atoms with Crippen LogP contribution in [0.2, 0.25) is 0 Å². The quantitative estimate of drug-likeness (QED) is 0.860. The average Bonchev–Trinajstić information content (AvgIpc) is 3.00. The number of ether oxygens (including phenoxy) is 2. The van der Waals surface area contributed by atoms with Gasteiger partial charge in [-0.2, -0.15) is 0 Å². The molecule has 2 aromatic rings. The van der Waals surface area contributed by atoms with Gasteiger partial charge in [0.05, 0.1) is 12.2 Å². The summed E-state index contributed by atoms with van der Waals surface area (Å²) in [4.78, 5) is 18.3. The second-order valence-electron chi connectivity index (χ2n) is 5.84. The Hall–Kier alpha value is -2.41. The molecule has 3 rings (SSSR count). The van der Waals surface area contributed by atoms with E-state index in [2.05, 4.69) is 4.98 Å². The molecule has 2 heterocycles. The van der Waals surface area contributed by atoms with Crippen molar-refractivity contribution in [2.45, 2.75) is 32.7 Å². The Morgan fingerprint density at radius 1 is 1.38 bits per heavy atom. The van der Waals surface area contributed by atoms with Gasteiger partial charge in [0.15, 0.2) is 12.3 Å². The van der Waals surface area contributed by atoms with Crippen molar-refractivity contribution >= 4 is 5.91 Å². The van der Waals surface area contributed by atoms with Crippen molar-refractivity contribution in [2.75, 3.05) is 13.1 Å². The Morgan fingerprint density at radius 3 is 2.83 bits per heavy atom. The minimum Gasteiger partial charge on any atom is -0.484 e. The summed E-state index contributed by atoms with van der Waals surface area (Å²) in [6.07, 6.45) is 1.29. The number of carbonyl (C=O) groups is 1. The molecular weight excluding hydrogens is 315 g/mol. The van der Waals surface area contributed by atoms with Crippen molar-refractivity contribution in [3.63, 3.8) is 0 Å². The first-order chi connectivity index (χ1) is 11.5. The second kappa shape index (κ2) is 7.00. The number of rotatable bonds is 4. The van der Waals surface area contributed by atoms with Crippen molar-refractivity contribution in [2.24, 2.45) is 0 Å². The molecule has 1 aliphatic heterocycles. The zero-order chi connectivity index (χ0) is 17.1. The summed E-state index contributed by atoms with van der Waals surface area (Å²) in [5, 5.41) is 0. The van der Waals surface area contributed by atoms with E-state index < -0.39 is 0 Å². The van der Waals surface area contributed by atoms with Gasteiger partial charge in [-0.05, 0) is 26.0 Å². The smallest absolute Gasteiger partial charge is 0.275 e. The highest BCUT2D eigenvalue weighted by Gasteiger charge is 2.28. The molecule has 24 heavy (non-hydrogen) atoms. The number of oxazole rings is 1. The van der Waals surface area contributed by atoms with E-state index in [-0.39, 0.29) is 42.1 Å². The molecule has 0 saturated carbocycles. The van der Waals surface area contributed by atoms with Gasteiger partial charge >= 0.3 is 0 Å². The molecule has 1 aliphatic rings. The summed E-state index contributed by atoms with van der Waals surface area (Å²) >= 11 is 0. The number of aromatic nitrogens is 1. The largest absolute Gasteiger partial charge is 0.484 e. The predicted octanol–water partition coefficient (Wildman–Crippen LogP) is 2.64. The molecule has 128 valence electrons. The lowest BCUT2D eigenvalue weighted by Crippen LogP contribution is -2.48. The van der Waals surface area contributed by atoms with Crippen LogP contribution in [0.15, 0.2) is 34.9 Å². The Kier molecular flexibility index (Phi) is 4.80. The van der Waals surface area contributed by atoms with Gasteiger partial charge in [-0.1, -0.05) is 6.07 Å². The van der Waals surface area contributed by atoms with Crippen molar-refractivity contribution in [1.82, 2.24) is 9.88 Å². The maximum atomic E-state index is 13.1. The minimum atomic E-state index is -0.383. The highest BCUT2D eigenvalue weighted by molar-refractivity contribution is 5.92. The molecule has 7 heteroatoms. The van der Waals surface area contributed by atoms with Crippen molar-refractivity contribution in [1.29, 1.82) is 0 Å². The highest BCUT2D eigenvalue weighted by atomic mass is 19.1. The lowest BCUT2D eigenvalue weighted by molar-refractivity contribution is -0.0587. The normalized spacial score (nSPS) is 20.9. The summed E-state index contributed by atoms with van der Waals surface area (Å²) in [6, 6.07) is 5.79. The number of benzene rings is 1. The Morgan fingerprint density at radius 2 is 2.12 bits per heavy atom. The van der Waals surface area contributed by atoms with Crippen LogP contribution >= 0.6 is 0 Å². The van der Waals surface area contributed by atoms with E-state index in [0.717, 1.165) is 0 Å². The number of halogens is 1. The van der Waals surface area contributed by atoms with E-state index in [1.165, 1.54) is 18.4 Å². The van der Waals surface area contributed by atoms with Crippen LogP contribution in [0.5, 0.6) is 5.75 Å². The maximum Gasteiger partial charge on any atom is 0.275 e. The molecule has 2 atom stereocenters. The lowest BCUT2D eigenvalue weighted by atomic mass is 10.2. The molecule has 0 spiro atoms. The van der Waals surface area contributed by atoms with Gasteiger partial charge in [-0.25, -0.2) is 9.37 Å². The molecule has 0 N–H and O–H groups in total. The van der Waals surface area contributed by atoms with E-state index in [9.17, 15) is 9.18 Å². The van der Waals surface area contributed by atoms with E-state index in [1.54, 1.807) is 17.0 Å². The van der Waals surface area contributed by atoms with E-state index in [0.29, 0.717) is 18.8 Å². The summed E-state index contributed by atoms with van der Waals surface area (Å²) in [5.74, 6) is 0.0537. The Balaban J connectivity index is 1.61. The standard InChI is InChI=1S/C17H19FN2O4/c1-11-7-20(8-12(2)24-11)17(21)15-9-23-16(19-15)10-22-14-5-3-4-13(18)6-14/h3-6,9,11-12H,7-8,10H2,1-2H3/t11-,12+. The van der Waals surface area contributed by atoms with Crippen LogP contribution < -0.4 is 4.74 Å². The van der Waals surface area contributed by atoms with Gasteiger partial charge in [0.25, 0.3) is 5.91 Å². The molecule has 1 amide bonds. The fraction of sp³-hybridized carbons (Fsp3) is 0.412. The Bertz CT molecular complexity index is 708. The first kappa shape index (κ1) is 16.4. The summed E-state index contributed by atoms with van der Waals surface area (Å²) in [7, 11) is 0. The number of morpholine rings is 1. The van der Waals surface area contributed by atoms with E-state index in [1.807, 2.05) is 13.8 Å². The van der Waals surface area contributed by atoms with Gasteiger partial charge in [0.2, 0.25) is 5.89 Å². The van der Waals surface area contributed by atoms with Gasteiger partial charge in [0, 0.05) is 19.2 Å². The molecule has 1 aromatic heterocycles. The predicted molar refractivity (Wildman–Crippen MR) is 83.1 cm³/mol. The number of hydrogen-bond donors (Lipinski definition) is 0. The molecule has 1 fully saturated rings. The van der Waals surface area contributed by atoms with E-state index >= 15 is 0 Å². The third-order valence-corrected chi connectivity index (χ3v) is 3.64. The molecular formula is C17H19FN2O4. The van der Waals surface area contributed by atoms with Crippen LogP contribution in [0.25, 0.3) is 0 Å². The summed E-state index contributed by atoms with van der Waals surface area (Å²) < 4.78 is 29.4. The third-order valence-electron chi connectivity index (χ3n) is 3.64. The third kappa shape index (κ3) is 3.91. The Labute approximate surface area is 139 Å². The fourth-order valence-corrected chi connectivity index (χ4v) is 2.68. The second-order valence-corrected chi connectivity index (χ2v) is 5.84. The fourth-order valence-electron chi connectivity index (χ4n) is 2.68. The van der Waals surface area contributed by atoms with Crippen molar-refractivity contribution in [3.8, 4) is 5.75 Å². The zero-order valence-corrected chi connectivity index (χ0v) is 13.6. The van der Waals surface area contributed by atoms with Crippen LogP contribution in [-0.4, -0.2) is 41.1 Å². The first-order valence-corrected chi connectivity index (χ1v) is 7.79. The molecule has 0 bridgehead atoms. The van der Waals surface area contributed by atoms with Gasteiger partial charge in [0.1, 0.15) is 17.8 Å². The van der Waals surface area contributed by atoms with Crippen LogP contribution in [0.4, 0.5) is 4.39 Å². The molecule has 0 aliphatic carbocycles. The molecule has 1 saturated heterocycles. The monoisotopic (exact) mass is 334 g/mol. The molecule has 0 unspecified atom stereocenters. The highest BCUT2D eigenvalue weighted by Crippen LogP contribution is 2.16. The minimum absolute atomic E-state index is 0.0135. The number of amides is 1. The van der Waals surface area contributed by atoms with Gasteiger partial charge in [-0.15, -0.1) is 0 Å². The van der Waals surface area contributed by atoms with E-state index in [4.69, 9.17) is 13.9 Å². The van der Waals surface area contributed by atoms with Crippen molar-refractivity contribution < 1.29 is 23.1 Å². The number of carbonyl (C=O) groups excluding carboxylic acids is 1. The molecule has 1 aromatic carbocycles. The van der Waals surface area contributed by atoms with Crippen LogP contribution in [0.3, 0.4) is 0 Å². The summed E-state index contributed by atoms with van der Waals surface area (Å²) in [5.41, 5.74) is 0.231. The number of nitrogens with zero attached hydrogens (tertiary/aromatic N) is 2. The van der Waals surface area contributed by atoms with Gasteiger partial charge < -0.3 is 18.8 Å². The molecule has 0 radical (unpaired) electrons. The average molecular weight is 334 g/mol. The van der Waals surface area contributed by atoms with Crippen molar-refractivity contribution in [3.05, 3.63) is 47.9 Å². The van der Waals surface area contributed by atoms with Gasteiger partial charge in [-0.3, -0.25) is 4.79 Å². The van der Waals surface area contributed by atoms with Crippen LogP contribution in [-0.2, 0) is 11.3 Å². The molecule has 6 nitrogen and oxygen atoms in total. The van der Waals surface area contributed by atoms with Crippen LogP contribution in [0, 0.1) is 5.82 Å². The lowest BCUT2D eigenvalue weighted by Gasteiger charge is -2.34. The summed E-state index contributed by atoms with van der Waals surface area (Å²) in [6.45, 7) is 4.91. The topological polar surface area (TPSA) is 64.8 Å².